The molecule has 1 fully saturated rings. The lowest BCUT2D eigenvalue weighted by Gasteiger charge is -2.48. The Labute approximate surface area is 188 Å². The number of piperidine rings is 1. The van der Waals surface area contributed by atoms with E-state index in [9.17, 15) is 14.7 Å². The Hall–Kier alpha value is -3.52. The van der Waals surface area contributed by atoms with Crippen LogP contribution in [0.2, 0.25) is 0 Å². The van der Waals surface area contributed by atoms with E-state index >= 15 is 0 Å². The van der Waals surface area contributed by atoms with Crippen molar-refractivity contribution in [2.75, 3.05) is 11.6 Å². The number of para-hydroxylation sites is 1. The minimum absolute atomic E-state index is 0.0129. The van der Waals surface area contributed by atoms with Crippen LogP contribution in [-0.2, 0) is 0 Å². The predicted octanol–water partition coefficient (Wildman–Crippen LogP) is 3.70. The van der Waals surface area contributed by atoms with Crippen LogP contribution < -0.4 is 10.4 Å². The number of amides is 1. The van der Waals surface area contributed by atoms with Gasteiger partial charge in [0.15, 0.2) is 17.3 Å². The largest absolute Gasteiger partial charge is 0.502 e. The van der Waals surface area contributed by atoms with Gasteiger partial charge in [-0.1, -0.05) is 42.1 Å². The zero-order chi connectivity index (χ0) is 21.8. The highest BCUT2D eigenvalue weighted by molar-refractivity contribution is 7.99. The van der Waals surface area contributed by atoms with Crippen molar-refractivity contribution in [2.45, 2.75) is 35.2 Å². The van der Waals surface area contributed by atoms with E-state index < -0.39 is 11.2 Å². The second kappa shape index (κ2) is 7.27. The summed E-state index contributed by atoms with van der Waals surface area (Å²) in [6, 6.07) is 17.3. The number of nitrogens with zero attached hydrogens (tertiary/aromatic N) is 4. The molecule has 3 aromatic rings. The molecule has 3 aliphatic heterocycles. The van der Waals surface area contributed by atoms with Crippen LogP contribution in [0, 0.1) is 0 Å². The molecule has 8 heteroatoms. The molecule has 1 saturated heterocycles. The third-order valence-electron chi connectivity index (χ3n) is 6.16. The molecule has 0 radical (unpaired) electrons. The molecular formula is C24H20N4O3S. The Balaban J connectivity index is 1.65. The first kappa shape index (κ1) is 19.2. The standard InChI is InChI=1S/C24H20N4O3S/c29-17-12-14-27-21(22(17)30)24(31)26-13-6-5-11-20(26)28(27)23-15-7-1-3-9-18(15)32-19-10-4-2-8-16(19)25-23/h1-4,7-10,12,14,20,30H,5-6,11,13H2/t20-/m1/s1. The summed E-state index contributed by atoms with van der Waals surface area (Å²) in [5.41, 5.74) is 1.21. The smallest absolute Gasteiger partial charge is 0.278 e. The Morgan fingerprint density at radius 3 is 2.62 bits per heavy atom. The lowest BCUT2D eigenvalue weighted by Crippen LogP contribution is -2.64. The van der Waals surface area contributed by atoms with Gasteiger partial charge in [0.25, 0.3) is 5.91 Å². The molecule has 3 aliphatic rings. The zero-order valence-electron chi connectivity index (χ0n) is 17.1. The highest BCUT2D eigenvalue weighted by Crippen LogP contribution is 2.41. The van der Waals surface area contributed by atoms with Gasteiger partial charge >= 0.3 is 0 Å². The third-order valence-corrected chi connectivity index (χ3v) is 7.30. The Morgan fingerprint density at radius 2 is 1.75 bits per heavy atom. The lowest BCUT2D eigenvalue weighted by molar-refractivity contribution is 0.0522. The van der Waals surface area contributed by atoms with E-state index in [1.54, 1.807) is 27.5 Å². The number of carbonyl (C=O) groups is 1. The normalized spacial score (nSPS) is 19.3. The molecule has 0 spiro atoms. The van der Waals surface area contributed by atoms with Crippen LogP contribution in [0.5, 0.6) is 5.75 Å². The van der Waals surface area contributed by atoms with Gasteiger partial charge in [-0.2, -0.15) is 0 Å². The minimum Gasteiger partial charge on any atom is -0.502 e. The number of aromatic hydroxyl groups is 1. The molecule has 1 aromatic heterocycles. The number of fused-ring (bicyclic) bond motifs is 4. The van der Waals surface area contributed by atoms with Crippen LogP contribution in [0.1, 0.15) is 35.3 Å². The summed E-state index contributed by atoms with van der Waals surface area (Å²) in [6.07, 6.45) is 3.94. The van der Waals surface area contributed by atoms with Crippen molar-refractivity contribution in [2.24, 2.45) is 4.99 Å². The molecule has 6 rings (SSSR count). The summed E-state index contributed by atoms with van der Waals surface area (Å²) in [5, 5.41) is 12.5. The van der Waals surface area contributed by atoms with E-state index in [0.717, 1.165) is 40.3 Å². The molecule has 0 aliphatic carbocycles. The molecule has 32 heavy (non-hydrogen) atoms. The maximum absolute atomic E-state index is 13.3. The average molecular weight is 445 g/mol. The van der Waals surface area contributed by atoms with Crippen molar-refractivity contribution in [3.63, 3.8) is 0 Å². The van der Waals surface area contributed by atoms with Crippen molar-refractivity contribution >= 4 is 29.2 Å². The van der Waals surface area contributed by atoms with E-state index in [-0.39, 0.29) is 17.8 Å². The number of rotatable bonds is 0. The molecule has 0 saturated carbocycles. The van der Waals surface area contributed by atoms with Crippen molar-refractivity contribution in [1.29, 1.82) is 0 Å². The Kier molecular flexibility index (Phi) is 4.36. The van der Waals surface area contributed by atoms with Gasteiger partial charge in [-0.15, -0.1) is 0 Å². The number of aromatic nitrogens is 1. The van der Waals surface area contributed by atoms with Crippen LogP contribution in [0.25, 0.3) is 0 Å². The summed E-state index contributed by atoms with van der Waals surface area (Å²) in [6.45, 7) is 0.572. The van der Waals surface area contributed by atoms with Crippen molar-refractivity contribution < 1.29 is 9.90 Å². The molecular weight excluding hydrogens is 424 g/mol. The molecule has 1 amide bonds. The fourth-order valence-corrected chi connectivity index (χ4v) is 5.69. The molecule has 4 heterocycles. The first-order valence-corrected chi connectivity index (χ1v) is 11.5. The molecule has 0 unspecified atom stereocenters. The maximum Gasteiger partial charge on any atom is 0.278 e. The van der Waals surface area contributed by atoms with Gasteiger partial charge in [0.2, 0.25) is 5.43 Å². The monoisotopic (exact) mass is 444 g/mol. The zero-order valence-corrected chi connectivity index (χ0v) is 18.0. The topological polar surface area (TPSA) is 78.1 Å². The number of pyridine rings is 1. The molecule has 2 aromatic carbocycles. The summed E-state index contributed by atoms with van der Waals surface area (Å²) in [5.74, 6) is -0.158. The van der Waals surface area contributed by atoms with Crippen LogP contribution in [0.15, 0.2) is 80.4 Å². The predicted molar refractivity (Wildman–Crippen MR) is 122 cm³/mol. The molecule has 160 valence electrons. The fraction of sp³-hybridized carbons (Fsp3) is 0.208. The van der Waals surface area contributed by atoms with Crippen LogP contribution >= 0.6 is 11.8 Å². The molecule has 7 nitrogen and oxygen atoms in total. The molecule has 0 bridgehead atoms. The number of hydrogen-bond donors (Lipinski definition) is 1. The number of carbonyl (C=O) groups excluding carboxylic acids is 1. The summed E-state index contributed by atoms with van der Waals surface area (Å²) in [4.78, 5) is 34.4. The van der Waals surface area contributed by atoms with Gasteiger partial charge in [0, 0.05) is 34.2 Å². The average Bonchev–Trinajstić information content (AvgIpc) is 2.98. The summed E-state index contributed by atoms with van der Waals surface area (Å²) in [7, 11) is 0. The van der Waals surface area contributed by atoms with Crippen LogP contribution in [-0.4, -0.2) is 39.1 Å². The number of aliphatic imine (C=N–C) groups is 1. The van der Waals surface area contributed by atoms with E-state index in [1.165, 1.54) is 6.07 Å². The summed E-state index contributed by atoms with van der Waals surface area (Å²) >= 11 is 1.66. The fourth-order valence-electron chi connectivity index (χ4n) is 4.67. The van der Waals surface area contributed by atoms with Crippen molar-refractivity contribution in [3.05, 3.63) is 82.3 Å². The second-order valence-electron chi connectivity index (χ2n) is 8.04. The second-order valence-corrected chi connectivity index (χ2v) is 9.13. The lowest BCUT2D eigenvalue weighted by atomic mass is 10.0. The van der Waals surface area contributed by atoms with Gasteiger partial charge in [-0.05, 0) is 37.5 Å². The van der Waals surface area contributed by atoms with Crippen molar-refractivity contribution in [3.8, 4) is 5.75 Å². The van der Waals surface area contributed by atoms with Crippen LogP contribution in [0.4, 0.5) is 5.69 Å². The van der Waals surface area contributed by atoms with Gasteiger partial charge in [-0.3, -0.25) is 9.59 Å². The summed E-state index contributed by atoms with van der Waals surface area (Å²) < 4.78 is 1.61. The highest BCUT2D eigenvalue weighted by Gasteiger charge is 2.43. The van der Waals surface area contributed by atoms with Gasteiger partial charge in [0.1, 0.15) is 6.17 Å². The number of amidine groups is 1. The quantitative estimate of drug-likeness (QED) is 0.572. The van der Waals surface area contributed by atoms with Crippen LogP contribution in [0.3, 0.4) is 0 Å². The highest BCUT2D eigenvalue weighted by atomic mass is 32.2. The first-order chi connectivity index (χ1) is 15.6. The molecule has 1 N–H and O–H groups in total. The van der Waals surface area contributed by atoms with E-state index in [1.807, 2.05) is 47.5 Å². The van der Waals surface area contributed by atoms with E-state index in [2.05, 4.69) is 6.07 Å². The van der Waals surface area contributed by atoms with E-state index in [0.29, 0.717) is 12.4 Å². The maximum atomic E-state index is 13.3. The number of hydrogen-bond acceptors (Lipinski definition) is 6. The number of benzene rings is 2. The third kappa shape index (κ3) is 2.79. The van der Waals surface area contributed by atoms with Gasteiger partial charge in [-0.25, -0.2) is 14.7 Å². The Bertz CT molecular complexity index is 1350. The minimum atomic E-state index is -0.566. The van der Waals surface area contributed by atoms with E-state index in [4.69, 9.17) is 4.99 Å². The first-order valence-electron chi connectivity index (χ1n) is 10.6. The van der Waals surface area contributed by atoms with Gasteiger partial charge in [0.05, 0.1) is 5.69 Å². The SMILES string of the molecule is O=C1c2c(O)c(=O)ccn2N(C2=Nc3ccccc3Sc3ccccc32)[C@@H]2CCCCN12. The molecule has 1 atom stereocenters. The Morgan fingerprint density at radius 1 is 0.969 bits per heavy atom. The van der Waals surface area contributed by atoms with Gasteiger partial charge < -0.3 is 10.0 Å². The van der Waals surface area contributed by atoms with Crippen molar-refractivity contribution in [1.82, 2.24) is 9.58 Å².